The smallest absolute Gasteiger partial charge is 0.258 e. The van der Waals surface area contributed by atoms with E-state index in [4.69, 9.17) is 4.74 Å². The highest BCUT2D eigenvalue weighted by Gasteiger charge is 2.43. The lowest BCUT2D eigenvalue weighted by molar-refractivity contribution is 0.0503. The Bertz CT molecular complexity index is 987. The Morgan fingerprint density at radius 2 is 1.61 bits per heavy atom. The van der Waals surface area contributed by atoms with Crippen molar-refractivity contribution in [3.63, 3.8) is 0 Å². The SMILES string of the molecule is CCOc1ccccc1C1(C)Nc2ccccc2C(=O)N1Cc1ccccc1. The van der Waals surface area contributed by atoms with Gasteiger partial charge in [0.25, 0.3) is 5.91 Å². The van der Waals surface area contributed by atoms with Crippen LogP contribution in [0.2, 0.25) is 0 Å². The zero-order valence-electron chi connectivity index (χ0n) is 16.2. The normalized spacial score (nSPS) is 18.4. The van der Waals surface area contributed by atoms with Crippen LogP contribution in [-0.4, -0.2) is 17.4 Å². The van der Waals surface area contributed by atoms with E-state index in [1.807, 2.05) is 97.6 Å². The van der Waals surface area contributed by atoms with Gasteiger partial charge in [0.2, 0.25) is 0 Å². The molecule has 1 aliphatic heterocycles. The summed E-state index contributed by atoms with van der Waals surface area (Å²) in [6, 6.07) is 25.7. The lowest BCUT2D eigenvalue weighted by atomic mass is 9.92. The quantitative estimate of drug-likeness (QED) is 0.683. The van der Waals surface area contributed by atoms with Gasteiger partial charge in [0.05, 0.1) is 12.2 Å². The molecule has 0 saturated carbocycles. The predicted octanol–water partition coefficient (Wildman–Crippen LogP) is 5.03. The number of ether oxygens (including phenoxy) is 1. The summed E-state index contributed by atoms with van der Waals surface area (Å²) >= 11 is 0. The third-order valence-corrected chi connectivity index (χ3v) is 5.22. The van der Waals surface area contributed by atoms with Crippen molar-refractivity contribution in [2.75, 3.05) is 11.9 Å². The molecule has 0 saturated heterocycles. The second-order valence-corrected chi connectivity index (χ2v) is 7.05. The van der Waals surface area contributed by atoms with E-state index >= 15 is 0 Å². The van der Waals surface area contributed by atoms with Crippen LogP contribution in [0, 0.1) is 0 Å². The molecule has 0 spiro atoms. The molecule has 28 heavy (non-hydrogen) atoms. The maximum Gasteiger partial charge on any atom is 0.258 e. The van der Waals surface area contributed by atoms with E-state index in [2.05, 4.69) is 5.32 Å². The van der Waals surface area contributed by atoms with E-state index in [0.717, 1.165) is 22.6 Å². The minimum absolute atomic E-state index is 0.00649. The lowest BCUT2D eigenvalue weighted by Gasteiger charge is -2.47. The average Bonchev–Trinajstić information content (AvgIpc) is 2.72. The third kappa shape index (κ3) is 3.11. The van der Waals surface area contributed by atoms with E-state index in [0.29, 0.717) is 18.7 Å². The van der Waals surface area contributed by atoms with Gasteiger partial charge >= 0.3 is 0 Å². The second-order valence-electron chi connectivity index (χ2n) is 7.05. The highest BCUT2D eigenvalue weighted by atomic mass is 16.5. The Morgan fingerprint density at radius 3 is 2.39 bits per heavy atom. The summed E-state index contributed by atoms with van der Waals surface area (Å²) in [5.74, 6) is 0.789. The fourth-order valence-electron chi connectivity index (χ4n) is 3.82. The number of carbonyl (C=O) groups is 1. The first-order valence-electron chi connectivity index (χ1n) is 9.59. The number of nitrogens with one attached hydrogen (secondary N) is 1. The number of rotatable bonds is 5. The monoisotopic (exact) mass is 372 g/mol. The maximum absolute atomic E-state index is 13.5. The van der Waals surface area contributed by atoms with Crippen molar-refractivity contribution in [3.8, 4) is 5.75 Å². The molecule has 0 aromatic heterocycles. The van der Waals surface area contributed by atoms with Crippen LogP contribution < -0.4 is 10.1 Å². The van der Waals surface area contributed by atoms with E-state index in [-0.39, 0.29) is 5.91 Å². The van der Waals surface area contributed by atoms with Crippen LogP contribution in [0.5, 0.6) is 5.75 Å². The molecule has 4 heteroatoms. The number of hydrogen-bond acceptors (Lipinski definition) is 3. The summed E-state index contributed by atoms with van der Waals surface area (Å²) in [6.45, 7) is 5.07. The van der Waals surface area contributed by atoms with Gasteiger partial charge in [-0.25, -0.2) is 0 Å². The third-order valence-electron chi connectivity index (χ3n) is 5.22. The first-order chi connectivity index (χ1) is 13.6. The van der Waals surface area contributed by atoms with Crippen molar-refractivity contribution in [1.29, 1.82) is 0 Å². The number of para-hydroxylation sites is 2. The van der Waals surface area contributed by atoms with Gasteiger partial charge in [0, 0.05) is 17.8 Å². The number of anilines is 1. The molecule has 1 unspecified atom stereocenters. The highest BCUT2D eigenvalue weighted by molar-refractivity contribution is 6.02. The minimum Gasteiger partial charge on any atom is -0.493 e. The molecular weight excluding hydrogens is 348 g/mol. The molecule has 3 aromatic carbocycles. The molecule has 1 aliphatic rings. The van der Waals surface area contributed by atoms with Gasteiger partial charge in [-0.1, -0.05) is 60.7 Å². The van der Waals surface area contributed by atoms with Crippen LogP contribution in [0.4, 0.5) is 5.69 Å². The summed E-state index contributed by atoms with van der Waals surface area (Å²) in [5.41, 5.74) is 2.80. The molecule has 4 nitrogen and oxygen atoms in total. The Morgan fingerprint density at radius 1 is 0.929 bits per heavy atom. The van der Waals surface area contributed by atoms with Gasteiger partial charge in [-0.3, -0.25) is 4.79 Å². The molecule has 0 fully saturated rings. The molecule has 0 radical (unpaired) electrons. The minimum atomic E-state index is -0.743. The van der Waals surface area contributed by atoms with Crippen LogP contribution in [-0.2, 0) is 12.2 Å². The van der Waals surface area contributed by atoms with Crippen molar-refractivity contribution < 1.29 is 9.53 Å². The van der Waals surface area contributed by atoms with Crippen molar-refractivity contribution in [2.45, 2.75) is 26.1 Å². The summed E-state index contributed by atoms with van der Waals surface area (Å²) in [5, 5.41) is 3.61. The zero-order valence-corrected chi connectivity index (χ0v) is 16.2. The van der Waals surface area contributed by atoms with Gasteiger partial charge in [0.15, 0.2) is 0 Å². The van der Waals surface area contributed by atoms with Gasteiger partial charge in [0.1, 0.15) is 11.4 Å². The van der Waals surface area contributed by atoms with E-state index in [9.17, 15) is 4.79 Å². The van der Waals surface area contributed by atoms with E-state index in [1.54, 1.807) is 0 Å². The van der Waals surface area contributed by atoms with Crippen LogP contribution >= 0.6 is 0 Å². The Balaban J connectivity index is 1.86. The van der Waals surface area contributed by atoms with Crippen molar-refractivity contribution in [1.82, 2.24) is 4.90 Å². The first-order valence-corrected chi connectivity index (χ1v) is 9.59. The molecule has 3 aromatic rings. The van der Waals surface area contributed by atoms with Crippen molar-refractivity contribution in [3.05, 3.63) is 95.6 Å². The molecule has 0 aliphatic carbocycles. The van der Waals surface area contributed by atoms with Gasteiger partial charge < -0.3 is 15.0 Å². The molecular formula is C24H24N2O2. The number of amides is 1. The number of nitrogens with zero attached hydrogens (tertiary/aromatic N) is 1. The molecule has 1 amide bonds. The molecule has 142 valence electrons. The molecule has 0 bridgehead atoms. The fraction of sp³-hybridized carbons (Fsp3) is 0.208. The topological polar surface area (TPSA) is 41.6 Å². The predicted molar refractivity (Wildman–Crippen MR) is 111 cm³/mol. The van der Waals surface area contributed by atoms with Crippen LogP contribution in [0.1, 0.15) is 35.3 Å². The number of carbonyl (C=O) groups excluding carboxylic acids is 1. The summed E-state index contributed by atoms with van der Waals surface area (Å²) in [4.78, 5) is 15.4. The fourth-order valence-corrected chi connectivity index (χ4v) is 3.82. The second kappa shape index (κ2) is 7.39. The molecule has 1 atom stereocenters. The van der Waals surface area contributed by atoms with Crippen LogP contribution in [0.15, 0.2) is 78.9 Å². The summed E-state index contributed by atoms with van der Waals surface area (Å²) < 4.78 is 5.90. The number of fused-ring (bicyclic) bond motifs is 1. The lowest BCUT2D eigenvalue weighted by Crippen LogP contribution is -2.55. The average molecular weight is 372 g/mol. The molecule has 1 heterocycles. The van der Waals surface area contributed by atoms with Gasteiger partial charge in [-0.2, -0.15) is 0 Å². The van der Waals surface area contributed by atoms with E-state index in [1.165, 1.54) is 0 Å². The largest absolute Gasteiger partial charge is 0.493 e. The van der Waals surface area contributed by atoms with Gasteiger partial charge in [-0.15, -0.1) is 0 Å². The first kappa shape index (κ1) is 18.1. The summed E-state index contributed by atoms with van der Waals surface area (Å²) in [7, 11) is 0. The van der Waals surface area contributed by atoms with Crippen molar-refractivity contribution in [2.24, 2.45) is 0 Å². The zero-order chi connectivity index (χ0) is 19.6. The Kier molecular flexibility index (Phi) is 4.78. The van der Waals surface area contributed by atoms with E-state index < -0.39 is 5.66 Å². The number of hydrogen-bond donors (Lipinski definition) is 1. The molecule has 1 N–H and O–H groups in total. The van der Waals surface area contributed by atoms with Gasteiger partial charge in [-0.05, 0) is 37.6 Å². The van der Waals surface area contributed by atoms with Crippen LogP contribution in [0.3, 0.4) is 0 Å². The van der Waals surface area contributed by atoms with Crippen molar-refractivity contribution >= 4 is 11.6 Å². The molecule has 4 rings (SSSR count). The Hall–Kier alpha value is -3.27. The number of benzene rings is 3. The Labute approximate surface area is 165 Å². The van der Waals surface area contributed by atoms with Crippen LogP contribution in [0.25, 0.3) is 0 Å². The standard InChI is InChI=1S/C24H24N2O2/c1-3-28-22-16-10-8-14-20(22)24(2)25-21-15-9-7-13-19(21)23(27)26(24)17-18-11-5-4-6-12-18/h4-16,25H,3,17H2,1-2H3. The maximum atomic E-state index is 13.5. The summed E-state index contributed by atoms with van der Waals surface area (Å²) in [6.07, 6.45) is 0. The highest BCUT2D eigenvalue weighted by Crippen LogP contribution is 2.41.